The molecule has 48 nitrogen and oxygen atoms in total. The number of H-pyrrole nitrogens is 1. The zero-order valence-corrected chi connectivity index (χ0v) is 63.7. The first-order valence-electron chi connectivity index (χ1n) is 35.6. The predicted molar refractivity (Wildman–Crippen MR) is 390 cm³/mol. The Morgan fingerprint density at radius 3 is 1.14 bits per heavy atom. The number of carboxylic acid groups (broad SMARTS) is 3. The molecule has 3 rings (SSSR count). The Morgan fingerprint density at radius 1 is 0.447 bits per heavy atom. The van der Waals surface area contributed by atoms with Gasteiger partial charge in [0.05, 0.1) is 56.6 Å². The first-order valence-corrected chi connectivity index (χ1v) is 37.0. The van der Waals surface area contributed by atoms with Crippen molar-refractivity contribution in [1.29, 1.82) is 0 Å². The number of hydrogen-bond donors (Lipinski definition) is 31. The summed E-state index contributed by atoms with van der Waals surface area (Å²) in [6, 6.07) is -6.79. The molecule has 0 fully saturated rings. The summed E-state index contributed by atoms with van der Waals surface area (Å²) < 4.78 is 0. The van der Waals surface area contributed by atoms with Gasteiger partial charge in [-0.15, -0.1) is 0 Å². The number of carboxylic acids is 3. The number of carbonyl (C=O) groups is 13. The molecule has 32 N–H and O–H groups in total. The second-order valence-electron chi connectivity index (χ2n) is 26.3. The van der Waals surface area contributed by atoms with E-state index in [0.29, 0.717) is 11.4 Å². The minimum Gasteiger partial charge on any atom is -0.481 e. The fourth-order valence-electron chi connectivity index (χ4n) is 10.4. The highest BCUT2D eigenvalue weighted by molar-refractivity contribution is 6.11. The molecule has 0 aliphatic carbocycles. The van der Waals surface area contributed by atoms with Crippen molar-refractivity contribution in [3.63, 3.8) is 0 Å². The van der Waals surface area contributed by atoms with E-state index in [0.717, 1.165) is 0 Å². The third-order valence-electron chi connectivity index (χ3n) is 17.3. The van der Waals surface area contributed by atoms with Gasteiger partial charge in [-0.1, -0.05) is 0 Å². The molecular formula is C65H102N16O32Si. The van der Waals surface area contributed by atoms with Gasteiger partial charge in [-0.25, -0.2) is 9.97 Å². The Bertz CT molecular complexity index is 3760. The highest BCUT2D eigenvalue weighted by Gasteiger charge is 2.38. The number of hydrogen-bond acceptors (Lipinski definition) is 34. The lowest BCUT2D eigenvalue weighted by atomic mass is 10.0. The maximum absolute atomic E-state index is 14.6. The van der Waals surface area contributed by atoms with Gasteiger partial charge in [0.1, 0.15) is 91.2 Å². The Hall–Kier alpha value is -10.2. The minimum atomic E-state index is -2.21. The molecule has 0 radical (unpaired) electrons. The van der Waals surface area contributed by atoms with Gasteiger partial charge < -0.3 is 156 Å². The maximum Gasteiger partial charge on any atom is 0.325 e. The number of aliphatic hydroxyl groups excluding tert-OH is 15. The number of aromatic amines is 1. The zero-order valence-electron chi connectivity index (χ0n) is 61.7. The standard InChI is InChI=1S/C65H102N16O32Si/c1-27(72-57(105)28-3-5-29(6-4-28)67-18-30-19-71-56-49(73-30)63(111)81-65(66)80-56)2-12-46(94)74-31(7-13-43(91)68-20-37(85)50(99)53(102)40(88)23-82)58(106)77-34(10-16-47(95)96)60(108)75-32(8-14-44(92)69-21-38(86)51(100)54(103)41(89)24-83)59(107)78-35(11-17-48(97)98)61(109)76-33(62(110)79-36(26-114)64(112)113)9-15-45(93)70-22-39(87)52(101)55(104)42(90)25-84/h3-6,19,27,31-42,50-55,67,82-90,99-104H,2,7-18,20-26H2,1,114H3,(H,68,91)(H,69,92)(H,70,93)(H,72,105)(H,74,94)(H,75,108)(H,76,109)(H,77,106)(H,78,107)(H,79,110)(H,95,96)(H,97,98)(H,112,113)(H3,66,71,80,81,111)/t27-,31+,32+,33+,34-,35-,36-,37+,38+,39+,40-,41-,42-,50-,51-,52-,53-,54-,55-/m1/s1. The van der Waals surface area contributed by atoms with Crippen LogP contribution in [0.5, 0.6) is 0 Å². The number of nitrogens with zero attached hydrogens (tertiary/aromatic N) is 3. The van der Waals surface area contributed by atoms with Crippen molar-refractivity contribution in [1.82, 2.24) is 73.1 Å². The summed E-state index contributed by atoms with van der Waals surface area (Å²) in [7, 11) is 0.169. The van der Waals surface area contributed by atoms with Crippen LogP contribution in [-0.2, 0) is 64.1 Å². The van der Waals surface area contributed by atoms with E-state index in [1.165, 1.54) is 25.3 Å². The summed E-state index contributed by atoms with van der Waals surface area (Å²) in [6.45, 7) is -4.18. The average molecular weight is 1650 g/mol. The second kappa shape index (κ2) is 49.4. The molecule has 0 aliphatic heterocycles. The predicted octanol–water partition coefficient (Wildman–Crippen LogP) is -14.7. The topological polar surface area (TPSA) is 816 Å². The van der Waals surface area contributed by atoms with Gasteiger partial charge in [0.2, 0.25) is 59.1 Å². The zero-order chi connectivity index (χ0) is 85.8. The summed E-state index contributed by atoms with van der Waals surface area (Å²) in [5.41, 5.74) is 5.94. The van der Waals surface area contributed by atoms with Crippen molar-refractivity contribution in [2.75, 3.05) is 50.5 Å². The number of amides is 10. The molecule has 0 spiro atoms. The van der Waals surface area contributed by atoms with Crippen LogP contribution < -0.4 is 69.8 Å². The molecule has 0 unspecified atom stereocenters. The van der Waals surface area contributed by atoms with Gasteiger partial charge in [0.25, 0.3) is 11.5 Å². The number of nitrogen functional groups attached to an aromatic ring is 1. The molecule has 10 amide bonds. The fourth-order valence-corrected chi connectivity index (χ4v) is 10.9. The Kier molecular flexibility index (Phi) is 42.5. The van der Waals surface area contributed by atoms with Crippen LogP contribution in [0.25, 0.3) is 11.2 Å². The second-order valence-corrected chi connectivity index (χ2v) is 27.1. The van der Waals surface area contributed by atoms with Crippen molar-refractivity contribution in [2.45, 2.75) is 212 Å². The molecule has 0 aliphatic rings. The number of nitrogens with one attached hydrogen (secondary N) is 12. The monoisotopic (exact) mass is 1650 g/mol. The fraction of sp³-hybridized carbons (Fsp3) is 0.615. The van der Waals surface area contributed by atoms with E-state index >= 15 is 0 Å². The van der Waals surface area contributed by atoms with Crippen LogP contribution in [0.4, 0.5) is 11.6 Å². The minimum absolute atomic E-state index is 0.0250. The van der Waals surface area contributed by atoms with Crippen LogP contribution >= 0.6 is 0 Å². The molecule has 3 aromatic rings. The summed E-state index contributed by atoms with van der Waals surface area (Å²) in [6.07, 6.45) is -32.7. The summed E-state index contributed by atoms with van der Waals surface area (Å²) in [5.74, 6) is -16.8. The Labute approximate surface area is 650 Å². The normalized spacial score (nSPS) is 16.5. The number of aliphatic carboxylic acids is 3. The lowest BCUT2D eigenvalue weighted by Crippen LogP contribution is -2.59. The van der Waals surface area contributed by atoms with Crippen LogP contribution in [0.15, 0.2) is 35.3 Å². The first kappa shape index (κ1) is 98.0. The van der Waals surface area contributed by atoms with Crippen LogP contribution in [0.1, 0.15) is 100 Å². The number of nitrogens with two attached hydrogens (primary N) is 1. The highest BCUT2D eigenvalue weighted by Crippen LogP contribution is 2.16. The number of rotatable bonds is 54. The van der Waals surface area contributed by atoms with E-state index in [1.54, 1.807) is 12.1 Å². The van der Waals surface area contributed by atoms with E-state index in [4.69, 9.17) is 10.8 Å². The Balaban J connectivity index is 2.02. The number of carbonyl (C=O) groups excluding carboxylic acids is 10. The molecule has 49 heteroatoms. The molecule has 0 bridgehead atoms. The quantitative estimate of drug-likeness (QED) is 0.0233. The highest BCUT2D eigenvalue weighted by atomic mass is 28.1. The van der Waals surface area contributed by atoms with E-state index in [1.807, 2.05) is 0 Å². The van der Waals surface area contributed by atoms with Gasteiger partial charge in [-0.05, 0) is 75.8 Å². The van der Waals surface area contributed by atoms with Gasteiger partial charge in [0.15, 0.2) is 11.2 Å². The van der Waals surface area contributed by atoms with E-state index in [-0.39, 0.29) is 51.9 Å². The molecule has 19 atom stereocenters. The first-order chi connectivity index (χ1) is 53.6. The summed E-state index contributed by atoms with van der Waals surface area (Å²) in [4.78, 5) is 202. The maximum atomic E-state index is 14.6. The van der Waals surface area contributed by atoms with Crippen molar-refractivity contribution < 1.29 is 154 Å². The Morgan fingerprint density at radius 2 is 0.789 bits per heavy atom. The molecule has 1 aromatic carbocycles. The number of aliphatic hydroxyl groups is 15. The van der Waals surface area contributed by atoms with Gasteiger partial charge in [0, 0.05) is 85.7 Å². The van der Waals surface area contributed by atoms with Crippen molar-refractivity contribution in [3.05, 3.63) is 52.1 Å². The van der Waals surface area contributed by atoms with E-state index < -0.39 is 308 Å². The van der Waals surface area contributed by atoms with E-state index in [2.05, 4.69) is 78.4 Å². The molecule has 114 heavy (non-hydrogen) atoms. The lowest BCUT2D eigenvalue weighted by Gasteiger charge is -2.28. The van der Waals surface area contributed by atoms with Crippen LogP contribution in [0, 0.1) is 0 Å². The number of benzene rings is 1. The molecule has 638 valence electrons. The molecule has 2 aromatic heterocycles. The van der Waals surface area contributed by atoms with Gasteiger partial charge in [-0.2, -0.15) is 4.98 Å². The molecule has 2 heterocycles. The molecule has 0 saturated carbocycles. The third kappa shape index (κ3) is 33.8. The van der Waals surface area contributed by atoms with Crippen molar-refractivity contribution >= 4 is 110 Å². The third-order valence-corrected chi connectivity index (χ3v) is 18.1. The van der Waals surface area contributed by atoms with Crippen LogP contribution in [-0.4, -0.2) is 354 Å². The lowest BCUT2D eigenvalue weighted by molar-refractivity contribution is -0.142. The van der Waals surface area contributed by atoms with Crippen molar-refractivity contribution in [2.24, 2.45) is 0 Å². The smallest absolute Gasteiger partial charge is 0.325 e. The van der Waals surface area contributed by atoms with Gasteiger partial charge in [-0.3, -0.25) is 72.1 Å². The largest absolute Gasteiger partial charge is 0.481 e. The van der Waals surface area contributed by atoms with Crippen LogP contribution in [0.3, 0.4) is 0 Å². The number of fused-ring (bicyclic) bond motifs is 1. The van der Waals surface area contributed by atoms with Crippen LogP contribution in [0.2, 0.25) is 6.04 Å². The van der Waals surface area contributed by atoms with Crippen molar-refractivity contribution in [3.8, 4) is 0 Å². The number of aromatic nitrogens is 4. The number of anilines is 2. The summed E-state index contributed by atoms with van der Waals surface area (Å²) >= 11 is 0. The SMILES string of the molecule is C[C@H](CCC(=O)N[C@@H](CCC(=O)NC[C@H](O)[C@@H](O)[C@H](O)[C@H](O)CO)C(=O)N[C@H](CCC(=O)O)C(=O)N[C@@H](CCC(=O)NC[C@H](O)[C@@H](O)[C@H](O)[C@H](O)CO)C(=O)N[C@H](CCC(=O)O)C(=O)N[C@@H](CCC(=O)NC[C@H](O)[C@@H](O)[C@H](O)[C@H](O)CO)C(=O)N[C@H](C[SiH3])C(=O)O)NC(=O)c1ccc(NCc2cnc3nc(N)[nH]c(=O)c3n2)cc1. The van der Waals surface area contributed by atoms with E-state index in [9.17, 15) is 154 Å². The molecule has 0 saturated heterocycles. The average Bonchev–Trinajstić information content (AvgIpc) is 0.812. The van der Waals surface area contributed by atoms with Gasteiger partial charge >= 0.3 is 17.9 Å². The molecular weight excluding hydrogens is 1540 g/mol. The summed E-state index contributed by atoms with van der Waals surface area (Å²) in [5, 5.41) is 204.